The van der Waals surface area contributed by atoms with Crippen LogP contribution in [-0.2, 0) is 6.42 Å². The Labute approximate surface area is 89.1 Å². The zero-order valence-electron chi connectivity index (χ0n) is 8.93. The third-order valence-electron chi connectivity index (χ3n) is 2.13. The second kappa shape index (κ2) is 5.58. The Hall–Kier alpha value is -1.26. The highest BCUT2D eigenvalue weighted by atomic mass is 16.5. The van der Waals surface area contributed by atoms with Gasteiger partial charge in [-0.3, -0.25) is 0 Å². The van der Waals surface area contributed by atoms with Crippen LogP contribution in [0.3, 0.4) is 0 Å². The summed E-state index contributed by atoms with van der Waals surface area (Å²) < 4.78 is 10.2. The first-order chi connectivity index (χ1) is 7.21. The predicted molar refractivity (Wildman–Crippen MR) is 56.3 cm³/mol. The predicted octanol–water partition coefficient (Wildman–Crippen LogP) is 0.599. The molecule has 0 heterocycles. The fourth-order valence-corrected chi connectivity index (χ4v) is 1.34. The highest BCUT2D eigenvalue weighted by molar-refractivity contribution is 5.43. The molecule has 2 N–H and O–H groups in total. The van der Waals surface area contributed by atoms with Gasteiger partial charge in [-0.1, -0.05) is 6.07 Å². The SMILES string of the molecule is COc1ccc(C[C@H](O)CO)cc1OC. The largest absolute Gasteiger partial charge is 0.493 e. The van der Waals surface area contributed by atoms with Crippen LogP contribution in [0.5, 0.6) is 11.5 Å². The van der Waals surface area contributed by atoms with E-state index in [9.17, 15) is 5.11 Å². The molecule has 4 heteroatoms. The molecule has 0 spiro atoms. The fourth-order valence-electron chi connectivity index (χ4n) is 1.34. The van der Waals surface area contributed by atoms with E-state index in [0.29, 0.717) is 17.9 Å². The van der Waals surface area contributed by atoms with E-state index in [0.717, 1.165) is 5.56 Å². The monoisotopic (exact) mass is 212 g/mol. The average Bonchev–Trinajstić information content (AvgIpc) is 2.28. The van der Waals surface area contributed by atoms with Gasteiger partial charge in [-0.15, -0.1) is 0 Å². The van der Waals surface area contributed by atoms with Crippen LogP contribution in [-0.4, -0.2) is 37.1 Å². The molecule has 0 aliphatic carbocycles. The Bertz CT molecular complexity index is 311. The molecule has 15 heavy (non-hydrogen) atoms. The van der Waals surface area contributed by atoms with Crippen molar-refractivity contribution in [3.63, 3.8) is 0 Å². The molecule has 0 unspecified atom stereocenters. The zero-order chi connectivity index (χ0) is 11.3. The fraction of sp³-hybridized carbons (Fsp3) is 0.455. The molecule has 4 nitrogen and oxygen atoms in total. The summed E-state index contributed by atoms with van der Waals surface area (Å²) in [7, 11) is 3.13. The van der Waals surface area contributed by atoms with Gasteiger partial charge < -0.3 is 19.7 Å². The van der Waals surface area contributed by atoms with Crippen LogP contribution in [0, 0.1) is 0 Å². The third kappa shape index (κ3) is 3.11. The molecule has 1 aromatic carbocycles. The summed E-state index contributed by atoms with van der Waals surface area (Å²) in [6.07, 6.45) is -0.334. The standard InChI is InChI=1S/C11H16O4/c1-14-10-4-3-8(5-9(13)7-12)6-11(10)15-2/h3-4,6,9,12-13H,5,7H2,1-2H3/t9-/m0/s1. The van der Waals surface area contributed by atoms with Gasteiger partial charge in [-0.05, 0) is 17.7 Å². The molecule has 0 aliphatic heterocycles. The van der Waals surface area contributed by atoms with Gasteiger partial charge in [0.15, 0.2) is 11.5 Å². The summed E-state index contributed by atoms with van der Waals surface area (Å²) in [6, 6.07) is 5.40. The smallest absolute Gasteiger partial charge is 0.160 e. The van der Waals surface area contributed by atoms with Gasteiger partial charge in [-0.2, -0.15) is 0 Å². The molecule has 84 valence electrons. The number of aliphatic hydroxyl groups excluding tert-OH is 2. The van der Waals surface area contributed by atoms with Crippen LogP contribution in [0.15, 0.2) is 18.2 Å². The minimum Gasteiger partial charge on any atom is -0.493 e. The number of ether oxygens (including phenoxy) is 2. The Kier molecular flexibility index (Phi) is 4.39. The van der Waals surface area contributed by atoms with Gasteiger partial charge in [-0.25, -0.2) is 0 Å². The molecular formula is C11H16O4. The number of aliphatic hydroxyl groups is 2. The molecule has 0 fully saturated rings. The number of rotatable bonds is 5. The summed E-state index contributed by atoms with van der Waals surface area (Å²) in [6.45, 7) is -0.242. The first-order valence-electron chi connectivity index (χ1n) is 4.71. The lowest BCUT2D eigenvalue weighted by Crippen LogP contribution is -2.15. The quantitative estimate of drug-likeness (QED) is 0.750. The zero-order valence-corrected chi connectivity index (χ0v) is 8.93. The number of methoxy groups -OCH3 is 2. The highest BCUT2D eigenvalue weighted by Gasteiger charge is 2.08. The molecule has 1 atom stereocenters. The molecular weight excluding hydrogens is 196 g/mol. The van der Waals surface area contributed by atoms with Crippen LogP contribution in [0.25, 0.3) is 0 Å². The molecule has 0 saturated heterocycles. The van der Waals surface area contributed by atoms with Crippen molar-refractivity contribution in [2.75, 3.05) is 20.8 Å². The number of hydrogen-bond donors (Lipinski definition) is 2. The minimum atomic E-state index is -0.733. The van der Waals surface area contributed by atoms with Crippen LogP contribution in [0.1, 0.15) is 5.56 Å². The maximum atomic E-state index is 9.28. The van der Waals surface area contributed by atoms with Crippen LogP contribution >= 0.6 is 0 Å². The third-order valence-corrected chi connectivity index (χ3v) is 2.13. The van der Waals surface area contributed by atoms with Gasteiger partial charge in [0, 0.05) is 6.42 Å². The van der Waals surface area contributed by atoms with Gasteiger partial charge in [0.1, 0.15) is 0 Å². The summed E-state index contributed by atoms with van der Waals surface area (Å²) in [5.41, 5.74) is 0.897. The second-order valence-electron chi connectivity index (χ2n) is 3.23. The van der Waals surface area contributed by atoms with Crippen molar-refractivity contribution < 1.29 is 19.7 Å². The van der Waals surface area contributed by atoms with E-state index in [-0.39, 0.29) is 6.61 Å². The van der Waals surface area contributed by atoms with Gasteiger partial charge in [0.25, 0.3) is 0 Å². The first-order valence-corrected chi connectivity index (χ1v) is 4.71. The number of hydrogen-bond acceptors (Lipinski definition) is 4. The van der Waals surface area contributed by atoms with Crippen LogP contribution in [0.4, 0.5) is 0 Å². The molecule has 0 amide bonds. The summed E-state index contributed by atoms with van der Waals surface area (Å²) in [5.74, 6) is 1.28. The molecule has 0 radical (unpaired) electrons. The summed E-state index contributed by atoms with van der Waals surface area (Å²) in [4.78, 5) is 0. The summed E-state index contributed by atoms with van der Waals surface area (Å²) in [5, 5.41) is 18.0. The molecule has 1 rings (SSSR count). The van der Waals surface area contributed by atoms with E-state index in [2.05, 4.69) is 0 Å². The number of benzene rings is 1. The maximum Gasteiger partial charge on any atom is 0.160 e. The summed E-state index contributed by atoms with van der Waals surface area (Å²) >= 11 is 0. The average molecular weight is 212 g/mol. The van der Waals surface area contributed by atoms with Crippen molar-refractivity contribution in [3.05, 3.63) is 23.8 Å². The lowest BCUT2D eigenvalue weighted by atomic mass is 10.1. The van der Waals surface area contributed by atoms with Crippen molar-refractivity contribution in [1.82, 2.24) is 0 Å². The molecule has 0 bridgehead atoms. The second-order valence-corrected chi connectivity index (χ2v) is 3.23. The van der Waals surface area contributed by atoms with Gasteiger partial charge in [0.05, 0.1) is 26.9 Å². The van der Waals surface area contributed by atoms with Crippen molar-refractivity contribution >= 4 is 0 Å². The highest BCUT2D eigenvalue weighted by Crippen LogP contribution is 2.27. The minimum absolute atomic E-state index is 0.242. The van der Waals surface area contributed by atoms with Crippen molar-refractivity contribution in [2.45, 2.75) is 12.5 Å². The molecule has 0 saturated carbocycles. The van der Waals surface area contributed by atoms with E-state index in [4.69, 9.17) is 14.6 Å². The molecule has 0 aliphatic rings. The Morgan fingerprint density at radius 3 is 2.40 bits per heavy atom. The molecule has 1 aromatic rings. The van der Waals surface area contributed by atoms with Crippen molar-refractivity contribution in [3.8, 4) is 11.5 Å². The van der Waals surface area contributed by atoms with E-state index in [1.165, 1.54) is 0 Å². The Morgan fingerprint density at radius 2 is 1.87 bits per heavy atom. The van der Waals surface area contributed by atoms with E-state index >= 15 is 0 Å². The first kappa shape index (κ1) is 11.8. The van der Waals surface area contributed by atoms with Crippen LogP contribution < -0.4 is 9.47 Å². The Balaban J connectivity index is 2.83. The molecule has 0 aromatic heterocycles. The van der Waals surface area contributed by atoms with Gasteiger partial charge in [0.2, 0.25) is 0 Å². The lowest BCUT2D eigenvalue weighted by molar-refractivity contribution is 0.0954. The topological polar surface area (TPSA) is 58.9 Å². The maximum absolute atomic E-state index is 9.28. The van der Waals surface area contributed by atoms with Crippen LogP contribution in [0.2, 0.25) is 0 Å². The van der Waals surface area contributed by atoms with E-state index in [1.54, 1.807) is 26.4 Å². The lowest BCUT2D eigenvalue weighted by Gasteiger charge is -2.11. The van der Waals surface area contributed by atoms with Crippen molar-refractivity contribution in [2.24, 2.45) is 0 Å². The normalized spacial score (nSPS) is 12.3. The van der Waals surface area contributed by atoms with E-state index < -0.39 is 6.10 Å². The Morgan fingerprint density at radius 1 is 1.20 bits per heavy atom. The van der Waals surface area contributed by atoms with Gasteiger partial charge >= 0.3 is 0 Å². The van der Waals surface area contributed by atoms with E-state index in [1.807, 2.05) is 6.07 Å². The van der Waals surface area contributed by atoms with Crippen molar-refractivity contribution in [1.29, 1.82) is 0 Å².